The number of rotatable bonds is 0. The molecule has 1 aromatic carbocycles. The summed E-state index contributed by atoms with van der Waals surface area (Å²) in [6, 6.07) is 13.2. The zero-order valence-corrected chi connectivity index (χ0v) is 12.1. The molecule has 100 valence electrons. The number of hydrogen-bond donors (Lipinski definition) is 0. The van der Waals surface area contributed by atoms with Crippen molar-refractivity contribution in [1.29, 1.82) is 0 Å². The van der Waals surface area contributed by atoms with Crippen LogP contribution < -0.4 is 0 Å². The van der Waals surface area contributed by atoms with E-state index in [-0.39, 0.29) is 0 Å². The highest BCUT2D eigenvalue weighted by atomic mass is 14.7. The van der Waals surface area contributed by atoms with Crippen molar-refractivity contribution in [3.05, 3.63) is 76.1 Å². The van der Waals surface area contributed by atoms with E-state index in [1.807, 2.05) is 6.20 Å². The molecule has 1 nitrogen and oxygen atoms in total. The Kier molecular flexibility index (Phi) is 2.56. The van der Waals surface area contributed by atoms with Crippen LogP contribution in [0.5, 0.6) is 0 Å². The second-order valence-corrected chi connectivity index (χ2v) is 6.09. The van der Waals surface area contributed by atoms with Gasteiger partial charge in [0.2, 0.25) is 0 Å². The molecule has 2 atom stereocenters. The van der Waals surface area contributed by atoms with Crippen LogP contribution >= 0.6 is 0 Å². The first-order valence-electron chi connectivity index (χ1n) is 7.49. The van der Waals surface area contributed by atoms with Crippen LogP contribution in [0.1, 0.15) is 48.1 Å². The Morgan fingerprint density at radius 3 is 2.55 bits per heavy atom. The highest BCUT2D eigenvalue weighted by Gasteiger charge is 2.32. The molecule has 0 bridgehead atoms. The number of allylic oxidation sites excluding steroid dienone is 2. The molecule has 4 rings (SSSR count). The van der Waals surface area contributed by atoms with Gasteiger partial charge in [-0.05, 0) is 29.2 Å². The minimum absolute atomic E-state index is 0.505. The predicted molar refractivity (Wildman–Crippen MR) is 81.9 cm³/mol. The van der Waals surface area contributed by atoms with Crippen molar-refractivity contribution < 1.29 is 0 Å². The fraction of sp³-hybridized carbons (Fsp3) is 0.316. The molecule has 1 heteroatoms. The van der Waals surface area contributed by atoms with Crippen molar-refractivity contribution in [2.75, 3.05) is 0 Å². The van der Waals surface area contributed by atoms with Crippen LogP contribution in [0.15, 0.2) is 53.7 Å². The monoisotopic (exact) mass is 261 g/mol. The number of fused-ring (bicyclic) bond motifs is 2. The second kappa shape index (κ2) is 4.31. The highest BCUT2D eigenvalue weighted by molar-refractivity contribution is 5.52. The summed E-state index contributed by atoms with van der Waals surface area (Å²) in [5, 5.41) is 0. The molecule has 0 fully saturated rings. The van der Waals surface area contributed by atoms with Crippen LogP contribution in [0.3, 0.4) is 0 Å². The molecular formula is C19H19N. The van der Waals surface area contributed by atoms with E-state index in [1.165, 1.54) is 22.4 Å². The molecule has 0 saturated heterocycles. The molecule has 2 aliphatic carbocycles. The largest absolute Gasteiger partial charge is 0.261 e. The van der Waals surface area contributed by atoms with Crippen molar-refractivity contribution in [2.45, 2.75) is 38.5 Å². The van der Waals surface area contributed by atoms with Gasteiger partial charge in [0.1, 0.15) is 0 Å². The normalized spacial score (nSPS) is 23.9. The van der Waals surface area contributed by atoms with Crippen LogP contribution in [-0.4, -0.2) is 4.98 Å². The average Bonchev–Trinajstić information content (AvgIpc) is 2.47. The van der Waals surface area contributed by atoms with E-state index in [1.54, 1.807) is 11.1 Å². The van der Waals surface area contributed by atoms with Gasteiger partial charge in [-0.25, -0.2) is 0 Å². The minimum Gasteiger partial charge on any atom is -0.261 e. The Hall–Kier alpha value is -1.89. The lowest BCUT2D eigenvalue weighted by Crippen LogP contribution is -2.23. The summed E-state index contributed by atoms with van der Waals surface area (Å²) < 4.78 is 0. The summed E-state index contributed by atoms with van der Waals surface area (Å²) in [6.07, 6.45) is 4.07. The second-order valence-electron chi connectivity index (χ2n) is 6.09. The smallest absolute Gasteiger partial charge is 0.0482 e. The fourth-order valence-electron chi connectivity index (χ4n) is 4.13. The number of aromatic nitrogens is 1. The topological polar surface area (TPSA) is 12.9 Å². The first-order valence-corrected chi connectivity index (χ1v) is 7.49. The van der Waals surface area contributed by atoms with E-state index in [0.717, 1.165) is 12.8 Å². The van der Waals surface area contributed by atoms with Gasteiger partial charge in [0.05, 0.1) is 0 Å². The van der Waals surface area contributed by atoms with Crippen molar-refractivity contribution >= 4 is 0 Å². The summed E-state index contributed by atoms with van der Waals surface area (Å²) >= 11 is 0. The number of nitrogens with zero attached hydrogens (tertiary/aromatic N) is 1. The number of pyridine rings is 1. The molecule has 0 N–H and O–H groups in total. The molecule has 2 aliphatic rings. The zero-order valence-electron chi connectivity index (χ0n) is 12.1. The molecule has 2 unspecified atom stereocenters. The maximum absolute atomic E-state index is 4.61. The van der Waals surface area contributed by atoms with Crippen LogP contribution in [0.25, 0.3) is 0 Å². The summed E-state index contributed by atoms with van der Waals surface area (Å²) in [5.41, 5.74) is 8.98. The summed E-state index contributed by atoms with van der Waals surface area (Å²) in [6.45, 7) is 4.71. The first-order chi connectivity index (χ1) is 9.75. The van der Waals surface area contributed by atoms with E-state index in [4.69, 9.17) is 0 Å². The van der Waals surface area contributed by atoms with Gasteiger partial charge in [-0.3, -0.25) is 4.98 Å². The number of benzene rings is 1. The highest BCUT2D eigenvalue weighted by Crippen LogP contribution is 2.46. The Balaban J connectivity index is 1.85. The summed E-state index contributed by atoms with van der Waals surface area (Å²) in [5.74, 6) is 1.05. The lowest BCUT2D eigenvalue weighted by molar-refractivity contribution is 0.667. The molecule has 0 amide bonds. The lowest BCUT2D eigenvalue weighted by Gasteiger charge is -2.36. The van der Waals surface area contributed by atoms with Crippen molar-refractivity contribution in [1.82, 2.24) is 4.98 Å². The van der Waals surface area contributed by atoms with Crippen molar-refractivity contribution in [3.8, 4) is 0 Å². The Morgan fingerprint density at radius 2 is 1.65 bits per heavy atom. The van der Waals surface area contributed by atoms with Gasteiger partial charge in [0.25, 0.3) is 0 Å². The van der Waals surface area contributed by atoms with Crippen molar-refractivity contribution in [2.24, 2.45) is 0 Å². The van der Waals surface area contributed by atoms with Crippen LogP contribution in [0.4, 0.5) is 0 Å². The molecule has 0 saturated carbocycles. The van der Waals surface area contributed by atoms with E-state index < -0.39 is 0 Å². The maximum Gasteiger partial charge on any atom is 0.0482 e. The van der Waals surface area contributed by atoms with Gasteiger partial charge < -0.3 is 0 Å². The standard InChI is InChI=1S/C19H19N/c1-12-16-7-4-3-6-14(16)10-15-11-18-17(8-5-9-20-18)13(2)19(12)15/h3-9,12-13H,10-11H2,1-2H3. The molecule has 0 spiro atoms. The SMILES string of the molecule is CC1C2=C(Cc3ccccc31)Cc1ncccc1C2C. The summed E-state index contributed by atoms with van der Waals surface area (Å²) in [7, 11) is 0. The predicted octanol–water partition coefficient (Wildman–Crippen LogP) is 4.40. The Labute approximate surface area is 120 Å². The summed E-state index contributed by atoms with van der Waals surface area (Å²) in [4.78, 5) is 4.61. The minimum atomic E-state index is 0.505. The zero-order chi connectivity index (χ0) is 13.7. The van der Waals surface area contributed by atoms with Crippen molar-refractivity contribution in [3.63, 3.8) is 0 Å². The molecule has 1 heterocycles. The van der Waals surface area contributed by atoms with Gasteiger partial charge in [0.15, 0.2) is 0 Å². The molecular weight excluding hydrogens is 242 g/mol. The third kappa shape index (κ3) is 1.59. The quantitative estimate of drug-likeness (QED) is 0.641. The molecule has 0 radical (unpaired) electrons. The van der Waals surface area contributed by atoms with Crippen LogP contribution in [-0.2, 0) is 12.8 Å². The molecule has 0 aliphatic heterocycles. The van der Waals surface area contributed by atoms with Crippen LogP contribution in [0.2, 0.25) is 0 Å². The third-order valence-electron chi connectivity index (χ3n) is 5.04. The Bertz CT molecular complexity index is 652. The first kappa shape index (κ1) is 11.9. The van der Waals surface area contributed by atoms with E-state index in [2.05, 4.69) is 55.2 Å². The third-order valence-corrected chi connectivity index (χ3v) is 5.04. The molecule has 2 aromatic rings. The molecule has 20 heavy (non-hydrogen) atoms. The van der Waals surface area contributed by atoms with E-state index >= 15 is 0 Å². The van der Waals surface area contributed by atoms with Gasteiger partial charge >= 0.3 is 0 Å². The van der Waals surface area contributed by atoms with E-state index in [9.17, 15) is 0 Å². The molecule has 1 aromatic heterocycles. The van der Waals surface area contributed by atoms with Gasteiger partial charge in [-0.2, -0.15) is 0 Å². The van der Waals surface area contributed by atoms with E-state index in [0.29, 0.717) is 11.8 Å². The van der Waals surface area contributed by atoms with Gasteiger partial charge in [-0.15, -0.1) is 0 Å². The van der Waals surface area contributed by atoms with Crippen LogP contribution in [0, 0.1) is 0 Å². The number of hydrogen-bond acceptors (Lipinski definition) is 1. The Morgan fingerprint density at radius 1 is 0.900 bits per heavy atom. The van der Waals surface area contributed by atoms with Gasteiger partial charge in [-0.1, -0.05) is 55.3 Å². The average molecular weight is 261 g/mol. The lowest BCUT2D eigenvalue weighted by atomic mass is 9.68. The van der Waals surface area contributed by atoms with Gasteiger partial charge in [0, 0.05) is 30.1 Å². The fourth-order valence-corrected chi connectivity index (χ4v) is 4.13. The maximum atomic E-state index is 4.61.